The topological polar surface area (TPSA) is 115 Å². The normalized spacial score (nSPS) is 10.6. The number of benzene rings is 3. The van der Waals surface area contributed by atoms with Crippen molar-refractivity contribution in [2.45, 2.75) is 6.61 Å². The number of halogens is 1. The van der Waals surface area contributed by atoms with Gasteiger partial charge in [-0.1, -0.05) is 34.1 Å². The third-order valence-corrected chi connectivity index (χ3v) is 5.28. The molecule has 0 fully saturated rings. The van der Waals surface area contributed by atoms with Gasteiger partial charge in [0.05, 0.1) is 18.7 Å². The van der Waals surface area contributed by atoms with Crippen LogP contribution in [-0.4, -0.2) is 18.1 Å². The highest BCUT2D eigenvalue weighted by molar-refractivity contribution is 9.10. The molecule has 7 nitrogen and oxygen atoms in total. The fraction of sp³-hybridized carbons (Fsp3) is 0.0800. The van der Waals surface area contributed by atoms with Gasteiger partial charge in [0.1, 0.15) is 24.0 Å². The van der Waals surface area contributed by atoms with Crippen LogP contribution in [0.2, 0.25) is 0 Å². The minimum Gasteiger partial charge on any atom is -0.508 e. The van der Waals surface area contributed by atoms with Crippen molar-refractivity contribution >= 4 is 33.6 Å². The second-order valence-corrected chi connectivity index (χ2v) is 7.61. The molecule has 33 heavy (non-hydrogen) atoms. The Morgan fingerprint density at radius 3 is 2.52 bits per heavy atom. The van der Waals surface area contributed by atoms with E-state index in [1.807, 2.05) is 18.2 Å². The number of carbonyl (C=O) groups is 1. The van der Waals surface area contributed by atoms with Crippen molar-refractivity contribution in [3.63, 3.8) is 0 Å². The molecule has 2 N–H and O–H groups in total. The molecular formula is C25H18BrN3O4. The number of methoxy groups -OCH3 is 1. The molecule has 3 aromatic rings. The minimum absolute atomic E-state index is 0.0680. The first kappa shape index (κ1) is 23.4. The van der Waals surface area contributed by atoms with Crippen LogP contribution in [0, 0.1) is 22.7 Å². The summed E-state index contributed by atoms with van der Waals surface area (Å²) in [6.45, 7) is 0.167. The van der Waals surface area contributed by atoms with Crippen molar-refractivity contribution in [3.05, 3.63) is 87.4 Å². The first-order valence-electron chi connectivity index (χ1n) is 9.65. The largest absolute Gasteiger partial charge is 0.508 e. The highest BCUT2D eigenvalue weighted by atomic mass is 79.9. The maximum absolute atomic E-state index is 12.5. The summed E-state index contributed by atoms with van der Waals surface area (Å²) in [6.07, 6.45) is 1.43. The maximum atomic E-state index is 12.5. The standard InChI is InChI=1S/C25H18BrN3O4/c1-32-23-11-18(10-19(14-28)25(31)29-20-6-8-21(30)9-7-20)22(26)12-24(23)33-15-17-5-3-2-4-16(17)13-27/h2-12,30H,15H2,1H3,(H,29,31)/b19-10+. The number of ether oxygens (including phenoxy) is 2. The highest BCUT2D eigenvalue weighted by Crippen LogP contribution is 2.35. The van der Waals surface area contributed by atoms with Crippen molar-refractivity contribution < 1.29 is 19.4 Å². The summed E-state index contributed by atoms with van der Waals surface area (Å²) in [5.74, 6) is 0.303. The van der Waals surface area contributed by atoms with E-state index in [0.29, 0.717) is 32.8 Å². The number of aromatic hydroxyl groups is 1. The summed E-state index contributed by atoms with van der Waals surface area (Å²) in [5, 5.41) is 30.7. The molecule has 3 rings (SSSR count). The number of phenolic OH excluding ortho intramolecular Hbond substituents is 1. The number of phenols is 1. The molecule has 0 bridgehead atoms. The monoisotopic (exact) mass is 503 g/mol. The Balaban J connectivity index is 1.83. The van der Waals surface area contributed by atoms with Crippen LogP contribution in [0.5, 0.6) is 17.2 Å². The summed E-state index contributed by atoms with van der Waals surface area (Å²) >= 11 is 3.45. The van der Waals surface area contributed by atoms with E-state index in [4.69, 9.17) is 9.47 Å². The van der Waals surface area contributed by atoms with Crippen molar-refractivity contribution in [3.8, 4) is 29.4 Å². The van der Waals surface area contributed by atoms with E-state index in [2.05, 4.69) is 27.3 Å². The Bertz CT molecular complexity index is 1290. The predicted octanol–water partition coefficient (Wildman–Crippen LogP) is 5.16. The molecule has 164 valence electrons. The quantitative estimate of drug-likeness (QED) is 0.261. The summed E-state index contributed by atoms with van der Waals surface area (Å²) in [5.41, 5.74) is 2.11. The number of anilines is 1. The van der Waals surface area contributed by atoms with E-state index < -0.39 is 5.91 Å². The number of hydrogen-bond donors (Lipinski definition) is 2. The summed E-state index contributed by atoms with van der Waals surface area (Å²) in [7, 11) is 1.48. The second-order valence-electron chi connectivity index (χ2n) is 6.75. The lowest BCUT2D eigenvalue weighted by atomic mass is 10.1. The molecule has 0 radical (unpaired) electrons. The predicted molar refractivity (Wildman–Crippen MR) is 127 cm³/mol. The Morgan fingerprint density at radius 2 is 1.85 bits per heavy atom. The fourth-order valence-electron chi connectivity index (χ4n) is 2.89. The number of carbonyl (C=O) groups excluding carboxylic acids is 1. The van der Waals surface area contributed by atoms with Crippen LogP contribution >= 0.6 is 15.9 Å². The highest BCUT2D eigenvalue weighted by Gasteiger charge is 2.14. The average molecular weight is 504 g/mol. The maximum Gasteiger partial charge on any atom is 0.266 e. The smallest absolute Gasteiger partial charge is 0.266 e. The van der Waals surface area contributed by atoms with Gasteiger partial charge >= 0.3 is 0 Å². The average Bonchev–Trinajstić information content (AvgIpc) is 2.83. The van der Waals surface area contributed by atoms with E-state index >= 15 is 0 Å². The fourth-order valence-corrected chi connectivity index (χ4v) is 3.33. The number of nitriles is 2. The van der Waals surface area contributed by atoms with Crippen LogP contribution in [0.4, 0.5) is 5.69 Å². The molecule has 0 aliphatic rings. The van der Waals surface area contributed by atoms with Gasteiger partial charge < -0.3 is 19.9 Å². The third kappa shape index (κ3) is 5.91. The second kappa shape index (κ2) is 10.9. The molecule has 0 spiro atoms. The molecule has 0 aliphatic heterocycles. The molecule has 8 heteroatoms. The molecule has 0 aliphatic carbocycles. The van der Waals surface area contributed by atoms with E-state index in [9.17, 15) is 20.4 Å². The molecular weight excluding hydrogens is 486 g/mol. The van der Waals surface area contributed by atoms with E-state index in [1.165, 1.54) is 37.5 Å². The SMILES string of the molecule is COc1cc(/C=C(\C#N)C(=O)Nc2ccc(O)cc2)c(Br)cc1OCc1ccccc1C#N. The lowest BCUT2D eigenvalue weighted by Crippen LogP contribution is -2.13. The molecule has 0 atom stereocenters. The number of nitrogens with one attached hydrogen (secondary N) is 1. The van der Waals surface area contributed by atoms with Gasteiger partial charge in [0.25, 0.3) is 5.91 Å². The molecule has 0 heterocycles. The van der Waals surface area contributed by atoms with Crippen molar-refractivity contribution in [2.75, 3.05) is 12.4 Å². The molecule has 0 aromatic heterocycles. The molecule has 0 saturated carbocycles. The van der Waals surface area contributed by atoms with Crippen LogP contribution in [0.15, 0.2) is 70.7 Å². The third-order valence-electron chi connectivity index (χ3n) is 4.59. The Morgan fingerprint density at radius 1 is 1.12 bits per heavy atom. The summed E-state index contributed by atoms with van der Waals surface area (Å²) < 4.78 is 11.9. The molecule has 3 aromatic carbocycles. The lowest BCUT2D eigenvalue weighted by molar-refractivity contribution is -0.112. The molecule has 0 unspecified atom stereocenters. The zero-order chi connectivity index (χ0) is 23.8. The van der Waals surface area contributed by atoms with Crippen LogP contribution in [0.1, 0.15) is 16.7 Å². The Kier molecular flexibility index (Phi) is 7.69. The Hall–Kier alpha value is -4.27. The van der Waals surface area contributed by atoms with Crippen LogP contribution in [0.25, 0.3) is 6.08 Å². The lowest BCUT2D eigenvalue weighted by Gasteiger charge is -2.13. The van der Waals surface area contributed by atoms with Gasteiger partial charge in [-0.3, -0.25) is 4.79 Å². The molecule has 1 amide bonds. The van der Waals surface area contributed by atoms with Crippen molar-refractivity contribution in [1.82, 2.24) is 0 Å². The summed E-state index contributed by atoms with van der Waals surface area (Å²) in [4.78, 5) is 12.5. The van der Waals surface area contributed by atoms with Crippen molar-refractivity contribution in [2.24, 2.45) is 0 Å². The van der Waals surface area contributed by atoms with Gasteiger partial charge in [-0.15, -0.1) is 0 Å². The van der Waals surface area contributed by atoms with E-state index in [1.54, 1.807) is 24.3 Å². The van der Waals surface area contributed by atoms with Crippen LogP contribution in [-0.2, 0) is 11.4 Å². The summed E-state index contributed by atoms with van der Waals surface area (Å²) in [6, 6.07) is 20.4. The van der Waals surface area contributed by atoms with Crippen molar-refractivity contribution in [1.29, 1.82) is 10.5 Å². The number of nitrogens with zero attached hydrogens (tertiary/aromatic N) is 2. The zero-order valence-electron chi connectivity index (χ0n) is 17.5. The van der Waals surface area contributed by atoms with Crippen LogP contribution < -0.4 is 14.8 Å². The number of hydrogen-bond acceptors (Lipinski definition) is 6. The van der Waals surface area contributed by atoms with Gasteiger partial charge in [0.15, 0.2) is 11.5 Å². The molecule has 0 saturated heterocycles. The van der Waals surface area contributed by atoms with Gasteiger partial charge in [0.2, 0.25) is 0 Å². The van der Waals surface area contributed by atoms with Gasteiger partial charge in [-0.25, -0.2) is 0 Å². The van der Waals surface area contributed by atoms with Crippen LogP contribution in [0.3, 0.4) is 0 Å². The van der Waals surface area contributed by atoms with Gasteiger partial charge in [-0.05, 0) is 54.1 Å². The van der Waals surface area contributed by atoms with Gasteiger partial charge in [-0.2, -0.15) is 10.5 Å². The zero-order valence-corrected chi connectivity index (χ0v) is 19.1. The first-order valence-corrected chi connectivity index (χ1v) is 10.4. The minimum atomic E-state index is -0.595. The van der Waals surface area contributed by atoms with E-state index in [-0.39, 0.29) is 17.9 Å². The first-order chi connectivity index (χ1) is 15.9. The van der Waals surface area contributed by atoms with Gasteiger partial charge in [0, 0.05) is 15.7 Å². The number of amides is 1. The Labute approximate surface area is 199 Å². The van der Waals surface area contributed by atoms with E-state index in [0.717, 1.165) is 5.56 Å². The number of rotatable bonds is 7.